The average molecular weight is 493 g/mol. The van der Waals surface area contributed by atoms with Gasteiger partial charge in [0.2, 0.25) is 0 Å². The highest BCUT2D eigenvalue weighted by Crippen LogP contribution is 2.27. The highest BCUT2D eigenvalue weighted by atomic mass is 16.5. The van der Waals surface area contributed by atoms with Gasteiger partial charge < -0.3 is 26.0 Å². The van der Waals surface area contributed by atoms with Crippen LogP contribution >= 0.6 is 0 Å². The lowest BCUT2D eigenvalue weighted by molar-refractivity contribution is 0.0724. The van der Waals surface area contributed by atoms with Crippen molar-refractivity contribution in [2.45, 2.75) is 0 Å². The third-order valence-electron chi connectivity index (χ3n) is 5.25. The van der Waals surface area contributed by atoms with Crippen LogP contribution in [-0.2, 0) is 0 Å². The summed E-state index contributed by atoms with van der Waals surface area (Å²) >= 11 is 0. The number of ether oxygens (including phenoxy) is 2. The minimum atomic E-state index is -0.687. The van der Waals surface area contributed by atoms with Crippen LogP contribution in [-0.4, -0.2) is 17.0 Å². The zero-order valence-corrected chi connectivity index (χ0v) is 19.7. The summed E-state index contributed by atoms with van der Waals surface area (Å²) in [6, 6.07) is 32.3. The highest BCUT2D eigenvalue weighted by molar-refractivity contribution is 6.02. The molecule has 0 aliphatic carbocycles. The minimum absolute atomic E-state index is 0.00919. The molecule has 37 heavy (non-hydrogen) atoms. The monoisotopic (exact) mass is 492 g/mol. The van der Waals surface area contributed by atoms with Crippen LogP contribution in [0.3, 0.4) is 0 Å². The molecule has 0 saturated carbocycles. The number of nitrogens with two attached hydrogens (primary N) is 2. The molecule has 0 saturated heterocycles. The molecule has 0 radical (unpaired) electrons. The van der Waals surface area contributed by atoms with Gasteiger partial charge in [0.1, 0.15) is 22.8 Å². The Bertz CT molecular complexity index is 1500. The van der Waals surface area contributed by atoms with Crippen LogP contribution in [0.25, 0.3) is 10.8 Å². The Morgan fingerprint density at radius 3 is 1.62 bits per heavy atom. The van der Waals surface area contributed by atoms with E-state index in [1.54, 1.807) is 97.1 Å². The maximum Gasteiger partial charge on any atom is 0.347 e. The fraction of sp³-hybridized carbons (Fsp3) is 0. The summed E-state index contributed by atoms with van der Waals surface area (Å²) in [6.07, 6.45) is 0. The van der Waals surface area contributed by atoms with E-state index in [1.807, 2.05) is 6.07 Å². The Morgan fingerprint density at radius 2 is 1.08 bits per heavy atom. The lowest BCUT2D eigenvalue weighted by atomic mass is 10.0. The number of rotatable bonds is 4. The van der Waals surface area contributed by atoms with Crippen molar-refractivity contribution in [2.75, 3.05) is 11.5 Å². The van der Waals surface area contributed by atoms with Crippen LogP contribution < -0.4 is 20.9 Å². The van der Waals surface area contributed by atoms with E-state index in [1.165, 1.54) is 12.1 Å². The van der Waals surface area contributed by atoms with E-state index in [4.69, 9.17) is 20.9 Å². The maximum absolute atomic E-state index is 12.5. The van der Waals surface area contributed by atoms with Crippen LogP contribution in [0.2, 0.25) is 0 Å². The molecule has 0 aliphatic heterocycles. The minimum Gasteiger partial charge on any atom is -0.507 e. The van der Waals surface area contributed by atoms with Crippen LogP contribution in [0.1, 0.15) is 20.7 Å². The van der Waals surface area contributed by atoms with Crippen molar-refractivity contribution in [3.8, 4) is 17.2 Å². The number of nitrogen functional groups attached to an aromatic ring is 2. The van der Waals surface area contributed by atoms with Gasteiger partial charge in [-0.1, -0.05) is 42.5 Å². The van der Waals surface area contributed by atoms with E-state index in [2.05, 4.69) is 0 Å². The lowest BCUT2D eigenvalue weighted by Gasteiger charge is -2.09. The van der Waals surface area contributed by atoms with Gasteiger partial charge in [0.05, 0.1) is 5.56 Å². The van der Waals surface area contributed by atoms with Crippen molar-refractivity contribution < 1.29 is 24.2 Å². The van der Waals surface area contributed by atoms with Gasteiger partial charge >= 0.3 is 11.9 Å². The fourth-order valence-electron chi connectivity index (χ4n) is 3.38. The average Bonchev–Trinajstić information content (AvgIpc) is 2.91. The molecule has 0 atom stereocenters. The zero-order valence-electron chi connectivity index (χ0n) is 19.7. The zero-order chi connectivity index (χ0) is 26.2. The Balaban J connectivity index is 0.000000342. The van der Waals surface area contributed by atoms with Gasteiger partial charge in [0.15, 0.2) is 0 Å². The van der Waals surface area contributed by atoms with E-state index in [-0.39, 0.29) is 11.3 Å². The van der Waals surface area contributed by atoms with Crippen LogP contribution in [0, 0.1) is 0 Å². The predicted octanol–water partition coefficient (Wildman–Crippen LogP) is 5.83. The van der Waals surface area contributed by atoms with E-state index in [0.717, 1.165) is 11.4 Å². The van der Waals surface area contributed by atoms with Gasteiger partial charge in [-0.3, -0.25) is 0 Å². The maximum atomic E-state index is 12.5. The van der Waals surface area contributed by atoms with Gasteiger partial charge in [-0.15, -0.1) is 0 Å². The van der Waals surface area contributed by atoms with Crippen molar-refractivity contribution in [3.05, 3.63) is 126 Å². The quantitative estimate of drug-likeness (QED) is 0.164. The number of para-hydroxylation sites is 2. The van der Waals surface area contributed by atoms with Crippen LogP contribution in [0.15, 0.2) is 115 Å². The molecule has 0 unspecified atom stereocenters. The molecule has 184 valence electrons. The normalized spacial score (nSPS) is 10.2. The molecule has 0 spiro atoms. The van der Waals surface area contributed by atoms with E-state index >= 15 is 0 Å². The first-order valence-electron chi connectivity index (χ1n) is 11.3. The van der Waals surface area contributed by atoms with Crippen molar-refractivity contribution in [2.24, 2.45) is 0 Å². The molecule has 0 aliphatic rings. The molecule has 0 bridgehead atoms. The lowest BCUT2D eigenvalue weighted by Crippen LogP contribution is -2.09. The number of phenolic OH excluding ortho intramolecular Hbond substituents is 1. The number of aromatic hydroxyl groups is 1. The van der Waals surface area contributed by atoms with Crippen molar-refractivity contribution >= 4 is 34.1 Å². The number of phenols is 1. The third-order valence-corrected chi connectivity index (χ3v) is 5.25. The van der Waals surface area contributed by atoms with E-state index in [0.29, 0.717) is 27.8 Å². The van der Waals surface area contributed by atoms with Crippen molar-refractivity contribution in [1.29, 1.82) is 0 Å². The standard InChI is InChI=1S/C24H16O5.C6H8N2/c25-22-15-16-11-12-17(23(26)28-19-7-3-1-4-8-19)13-18(16)14-21(22)24(27)29-20-9-5-2-6-10-20;7-5-1-2-6(8)4-3-5/h1-15,25H;1-4H,7-8H2. The Kier molecular flexibility index (Phi) is 7.66. The van der Waals surface area contributed by atoms with Gasteiger partial charge in [-0.25, -0.2) is 9.59 Å². The number of carbonyl (C=O) groups excluding carboxylic acids is 2. The topological polar surface area (TPSA) is 125 Å². The molecular formula is C30H24N2O5. The SMILES string of the molecule is Nc1ccc(N)cc1.O=C(Oc1ccccc1)c1ccc2cc(O)c(C(=O)Oc3ccccc3)cc2c1. The molecule has 7 nitrogen and oxygen atoms in total. The summed E-state index contributed by atoms with van der Waals surface area (Å²) in [5.41, 5.74) is 12.6. The number of benzene rings is 5. The second-order valence-electron chi connectivity index (χ2n) is 8.00. The summed E-state index contributed by atoms with van der Waals surface area (Å²) in [4.78, 5) is 24.9. The number of hydrogen-bond donors (Lipinski definition) is 3. The summed E-state index contributed by atoms with van der Waals surface area (Å²) < 4.78 is 10.6. The molecule has 0 heterocycles. The number of fused-ring (bicyclic) bond motifs is 1. The number of esters is 2. The molecular weight excluding hydrogens is 468 g/mol. The Labute approximate surface area is 213 Å². The third kappa shape index (κ3) is 6.64. The first-order chi connectivity index (χ1) is 17.9. The summed E-state index contributed by atoms with van der Waals surface area (Å²) in [6.45, 7) is 0. The second kappa shape index (κ2) is 11.4. The molecule has 7 heteroatoms. The van der Waals surface area contributed by atoms with Gasteiger partial charge in [-0.2, -0.15) is 0 Å². The summed E-state index contributed by atoms with van der Waals surface area (Å²) in [5.74, 6) is -0.585. The van der Waals surface area contributed by atoms with E-state index in [9.17, 15) is 14.7 Å². The Morgan fingerprint density at radius 1 is 0.568 bits per heavy atom. The van der Waals surface area contributed by atoms with Crippen LogP contribution in [0.5, 0.6) is 17.2 Å². The van der Waals surface area contributed by atoms with E-state index < -0.39 is 11.9 Å². The molecule has 5 aromatic carbocycles. The number of carbonyl (C=O) groups is 2. The molecule has 0 amide bonds. The highest BCUT2D eigenvalue weighted by Gasteiger charge is 2.16. The first-order valence-corrected chi connectivity index (χ1v) is 11.3. The van der Waals surface area contributed by atoms with Gasteiger partial charge in [-0.05, 0) is 83.6 Å². The molecule has 5 rings (SSSR count). The smallest absolute Gasteiger partial charge is 0.347 e. The summed E-state index contributed by atoms with van der Waals surface area (Å²) in [5, 5.41) is 11.5. The van der Waals surface area contributed by atoms with Crippen LogP contribution in [0.4, 0.5) is 11.4 Å². The summed E-state index contributed by atoms with van der Waals surface area (Å²) in [7, 11) is 0. The second-order valence-corrected chi connectivity index (χ2v) is 8.00. The van der Waals surface area contributed by atoms with Gasteiger partial charge in [0.25, 0.3) is 0 Å². The van der Waals surface area contributed by atoms with Crippen molar-refractivity contribution in [1.82, 2.24) is 0 Å². The number of hydrogen-bond acceptors (Lipinski definition) is 7. The number of anilines is 2. The largest absolute Gasteiger partial charge is 0.507 e. The fourth-order valence-corrected chi connectivity index (χ4v) is 3.38. The predicted molar refractivity (Wildman–Crippen MR) is 144 cm³/mol. The Hall–Kier alpha value is -5.30. The molecule has 0 aromatic heterocycles. The first kappa shape index (κ1) is 24.8. The molecule has 5 aromatic rings. The molecule has 0 fully saturated rings. The van der Waals surface area contributed by atoms with Gasteiger partial charge in [0, 0.05) is 11.4 Å². The van der Waals surface area contributed by atoms with Crippen molar-refractivity contribution in [3.63, 3.8) is 0 Å². The molecule has 5 N–H and O–H groups in total.